The van der Waals surface area contributed by atoms with Gasteiger partial charge in [0.2, 0.25) is 0 Å². The van der Waals surface area contributed by atoms with E-state index in [1.54, 1.807) is 13.2 Å². The van der Waals surface area contributed by atoms with Gasteiger partial charge in [0.05, 0.1) is 7.11 Å². The third-order valence-electron chi connectivity index (χ3n) is 2.43. The van der Waals surface area contributed by atoms with Gasteiger partial charge in [0.15, 0.2) is 0 Å². The zero-order chi connectivity index (χ0) is 10.7. The van der Waals surface area contributed by atoms with Crippen LogP contribution >= 0.6 is 0 Å². The van der Waals surface area contributed by atoms with Crippen molar-refractivity contribution in [2.45, 2.75) is 19.8 Å². The Morgan fingerprint density at radius 1 is 1.50 bits per heavy atom. The van der Waals surface area contributed by atoms with E-state index >= 15 is 0 Å². The van der Waals surface area contributed by atoms with Crippen molar-refractivity contribution < 1.29 is 9.84 Å². The van der Waals surface area contributed by atoms with Crippen LogP contribution in [0.5, 0.6) is 11.5 Å². The van der Waals surface area contributed by atoms with E-state index in [1.165, 1.54) is 0 Å². The molecule has 1 atom stereocenters. The van der Waals surface area contributed by atoms with Crippen molar-refractivity contribution in [3.63, 3.8) is 0 Å². The number of rotatable bonds is 3. The average molecular weight is 195 g/mol. The summed E-state index contributed by atoms with van der Waals surface area (Å²) in [6, 6.07) is 3.56. The van der Waals surface area contributed by atoms with Gasteiger partial charge in [0.1, 0.15) is 11.5 Å². The standard InChI is InChI=1S/C11H17NO2/c1-7-4-11(14-3)9(5-10(7)13)8(2)6-12/h4-5,8,13H,6,12H2,1-3H3. The first-order valence-electron chi connectivity index (χ1n) is 4.67. The Morgan fingerprint density at radius 2 is 2.14 bits per heavy atom. The number of nitrogens with two attached hydrogens (primary N) is 1. The van der Waals surface area contributed by atoms with Crippen molar-refractivity contribution in [2.24, 2.45) is 5.73 Å². The molecule has 1 aromatic rings. The quantitative estimate of drug-likeness (QED) is 0.772. The Kier molecular flexibility index (Phi) is 3.36. The molecule has 0 amide bonds. The summed E-state index contributed by atoms with van der Waals surface area (Å²) >= 11 is 0. The molecule has 14 heavy (non-hydrogen) atoms. The Hall–Kier alpha value is -1.22. The Bertz CT molecular complexity index is 323. The second kappa shape index (κ2) is 4.33. The van der Waals surface area contributed by atoms with Crippen molar-refractivity contribution in [1.82, 2.24) is 0 Å². The average Bonchev–Trinajstić information content (AvgIpc) is 2.20. The zero-order valence-electron chi connectivity index (χ0n) is 8.87. The van der Waals surface area contributed by atoms with Crippen molar-refractivity contribution in [2.75, 3.05) is 13.7 Å². The highest BCUT2D eigenvalue weighted by Crippen LogP contribution is 2.32. The highest BCUT2D eigenvalue weighted by molar-refractivity contribution is 5.46. The number of phenols is 1. The fraction of sp³-hybridized carbons (Fsp3) is 0.455. The van der Waals surface area contributed by atoms with Crippen LogP contribution in [0.15, 0.2) is 12.1 Å². The number of phenolic OH excluding ortho intramolecular Hbond substituents is 1. The van der Waals surface area contributed by atoms with Crippen LogP contribution in [-0.2, 0) is 0 Å². The molecule has 0 saturated carbocycles. The van der Waals surface area contributed by atoms with Gasteiger partial charge >= 0.3 is 0 Å². The molecule has 3 N–H and O–H groups in total. The summed E-state index contributed by atoms with van der Waals surface area (Å²) in [5.74, 6) is 1.27. The first-order chi connectivity index (χ1) is 6.60. The molecular weight excluding hydrogens is 178 g/mol. The molecule has 0 radical (unpaired) electrons. The largest absolute Gasteiger partial charge is 0.508 e. The summed E-state index contributed by atoms with van der Waals surface area (Å²) in [5, 5.41) is 9.57. The molecule has 0 aliphatic heterocycles. The zero-order valence-corrected chi connectivity index (χ0v) is 8.87. The van der Waals surface area contributed by atoms with Gasteiger partial charge in [-0.1, -0.05) is 6.92 Å². The molecule has 0 fully saturated rings. The van der Waals surface area contributed by atoms with Crippen molar-refractivity contribution in [3.05, 3.63) is 23.3 Å². The van der Waals surface area contributed by atoms with Gasteiger partial charge in [-0.05, 0) is 37.1 Å². The Balaban J connectivity index is 3.19. The third kappa shape index (κ3) is 1.99. The molecule has 0 aliphatic rings. The van der Waals surface area contributed by atoms with Gasteiger partial charge in [0, 0.05) is 5.56 Å². The molecule has 1 unspecified atom stereocenters. The third-order valence-corrected chi connectivity index (χ3v) is 2.43. The highest BCUT2D eigenvalue weighted by atomic mass is 16.5. The van der Waals surface area contributed by atoms with Gasteiger partial charge in [0.25, 0.3) is 0 Å². The lowest BCUT2D eigenvalue weighted by Crippen LogP contribution is -2.10. The van der Waals surface area contributed by atoms with Crippen LogP contribution in [0, 0.1) is 6.92 Å². The van der Waals surface area contributed by atoms with Gasteiger partial charge < -0.3 is 15.6 Å². The molecule has 0 bridgehead atoms. The van der Waals surface area contributed by atoms with Gasteiger partial charge in [-0.15, -0.1) is 0 Å². The lowest BCUT2D eigenvalue weighted by Gasteiger charge is -2.15. The number of methoxy groups -OCH3 is 1. The van der Waals surface area contributed by atoms with Crippen LogP contribution in [0.3, 0.4) is 0 Å². The number of benzene rings is 1. The topological polar surface area (TPSA) is 55.5 Å². The summed E-state index contributed by atoms with van der Waals surface area (Å²) in [6.07, 6.45) is 0. The molecule has 0 saturated heterocycles. The van der Waals surface area contributed by atoms with E-state index < -0.39 is 0 Å². The van der Waals surface area contributed by atoms with Gasteiger partial charge in [-0.25, -0.2) is 0 Å². The van der Waals surface area contributed by atoms with Gasteiger partial charge in [-0.3, -0.25) is 0 Å². The molecule has 1 aromatic carbocycles. The molecule has 0 aliphatic carbocycles. The maximum absolute atomic E-state index is 9.57. The SMILES string of the molecule is COc1cc(C)c(O)cc1C(C)CN. The number of ether oxygens (including phenoxy) is 1. The number of hydrogen-bond donors (Lipinski definition) is 2. The first kappa shape index (κ1) is 10.9. The minimum Gasteiger partial charge on any atom is -0.508 e. The van der Waals surface area contributed by atoms with E-state index in [9.17, 15) is 5.11 Å². The van der Waals surface area contributed by atoms with E-state index in [0.29, 0.717) is 12.3 Å². The lowest BCUT2D eigenvalue weighted by atomic mass is 9.98. The molecule has 1 rings (SSSR count). The molecular formula is C11H17NO2. The van der Waals surface area contributed by atoms with Crippen molar-refractivity contribution in [1.29, 1.82) is 0 Å². The molecule has 0 aromatic heterocycles. The van der Waals surface area contributed by atoms with Gasteiger partial charge in [-0.2, -0.15) is 0 Å². The molecule has 78 valence electrons. The van der Waals surface area contributed by atoms with Crippen LogP contribution in [-0.4, -0.2) is 18.8 Å². The predicted octanol–water partition coefficient (Wildman–Crippen LogP) is 1.77. The fourth-order valence-corrected chi connectivity index (χ4v) is 1.38. The van der Waals surface area contributed by atoms with Crippen LogP contribution in [0.4, 0.5) is 0 Å². The van der Waals surface area contributed by atoms with Crippen LogP contribution in [0.2, 0.25) is 0 Å². The van der Waals surface area contributed by atoms with Crippen LogP contribution in [0.1, 0.15) is 24.0 Å². The highest BCUT2D eigenvalue weighted by Gasteiger charge is 2.12. The Morgan fingerprint density at radius 3 is 2.64 bits per heavy atom. The predicted molar refractivity (Wildman–Crippen MR) is 56.9 cm³/mol. The van der Waals surface area contributed by atoms with E-state index in [0.717, 1.165) is 16.9 Å². The number of aryl methyl sites for hydroxylation is 1. The lowest BCUT2D eigenvalue weighted by molar-refractivity contribution is 0.402. The van der Waals surface area contributed by atoms with E-state index in [4.69, 9.17) is 10.5 Å². The smallest absolute Gasteiger partial charge is 0.122 e. The Labute approximate surface area is 84.5 Å². The fourth-order valence-electron chi connectivity index (χ4n) is 1.38. The minimum absolute atomic E-state index is 0.191. The van der Waals surface area contributed by atoms with E-state index in [2.05, 4.69) is 0 Å². The van der Waals surface area contributed by atoms with E-state index in [-0.39, 0.29) is 5.92 Å². The first-order valence-corrected chi connectivity index (χ1v) is 4.67. The monoisotopic (exact) mass is 195 g/mol. The summed E-state index contributed by atoms with van der Waals surface area (Å²) < 4.78 is 5.24. The van der Waals surface area contributed by atoms with Crippen LogP contribution < -0.4 is 10.5 Å². The maximum Gasteiger partial charge on any atom is 0.122 e. The molecule has 3 nitrogen and oxygen atoms in total. The number of hydrogen-bond acceptors (Lipinski definition) is 3. The second-order valence-electron chi connectivity index (χ2n) is 3.52. The van der Waals surface area contributed by atoms with Crippen molar-refractivity contribution in [3.8, 4) is 11.5 Å². The number of aromatic hydroxyl groups is 1. The summed E-state index contributed by atoms with van der Waals surface area (Å²) in [5.41, 5.74) is 7.35. The van der Waals surface area contributed by atoms with E-state index in [1.807, 2.05) is 19.9 Å². The maximum atomic E-state index is 9.57. The second-order valence-corrected chi connectivity index (χ2v) is 3.52. The summed E-state index contributed by atoms with van der Waals surface area (Å²) in [6.45, 7) is 4.39. The van der Waals surface area contributed by atoms with Crippen molar-refractivity contribution >= 4 is 0 Å². The normalized spacial score (nSPS) is 12.6. The minimum atomic E-state index is 0.191. The molecule has 0 spiro atoms. The molecule has 0 heterocycles. The summed E-state index contributed by atoms with van der Waals surface area (Å²) in [4.78, 5) is 0. The van der Waals surface area contributed by atoms with Crippen LogP contribution in [0.25, 0.3) is 0 Å². The molecule has 3 heteroatoms. The summed E-state index contributed by atoms with van der Waals surface area (Å²) in [7, 11) is 1.62.